The number of β-lactam (4-membered cyclic amide) rings is 1. The van der Waals surface area contributed by atoms with Gasteiger partial charge in [-0.05, 0) is 37.9 Å². The number of hydrogen-bond donors (Lipinski definition) is 1. The Labute approximate surface area is 121 Å². The number of nitrogens with zero attached hydrogens (tertiary/aromatic N) is 3. The lowest BCUT2D eigenvalue weighted by Gasteiger charge is -2.47. The van der Waals surface area contributed by atoms with E-state index in [-0.39, 0.29) is 23.4 Å². The number of carbonyl (C=O) groups excluding carboxylic acids is 2. The smallest absolute Gasteiger partial charge is 0.322 e. The first-order valence-electron chi connectivity index (χ1n) is 6.75. The molecule has 0 saturated carbocycles. The molecule has 2 aliphatic rings. The second kappa shape index (κ2) is 4.73. The van der Waals surface area contributed by atoms with Crippen LogP contribution in [0.15, 0.2) is 12.3 Å². The van der Waals surface area contributed by atoms with Gasteiger partial charge in [0.25, 0.3) is 0 Å². The van der Waals surface area contributed by atoms with Crippen molar-refractivity contribution >= 4 is 28.5 Å². The summed E-state index contributed by atoms with van der Waals surface area (Å²) >= 11 is 1.26. The van der Waals surface area contributed by atoms with Crippen molar-refractivity contribution in [1.82, 2.24) is 14.2 Å². The standard InChI is InChI=1S/C13H18N4O2S/c1-13(2)8-17(11(13)18)9-4-6-16(7-9)12(19)15-10-3-5-14-20-10/h3,5,9H,4,6-8H2,1-2H3,(H,15,19). The summed E-state index contributed by atoms with van der Waals surface area (Å²) in [5.74, 6) is 0.201. The molecule has 2 fully saturated rings. The number of likely N-dealkylation sites (tertiary alicyclic amines) is 2. The highest BCUT2D eigenvalue weighted by Crippen LogP contribution is 2.34. The molecule has 108 valence electrons. The fraction of sp³-hybridized carbons (Fsp3) is 0.615. The Hall–Kier alpha value is -1.63. The van der Waals surface area contributed by atoms with E-state index in [2.05, 4.69) is 9.69 Å². The summed E-state index contributed by atoms with van der Waals surface area (Å²) in [6.45, 7) is 6.04. The molecule has 0 spiro atoms. The van der Waals surface area contributed by atoms with Crippen molar-refractivity contribution in [2.75, 3.05) is 25.0 Å². The number of aromatic nitrogens is 1. The van der Waals surface area contributed by atoms with Gasteiger partial charge in [0.2, 0.25) is 5.91 Å². The van der Waals surface area contributed by atoms with Crippen molar-refractivity contribution < 1.29 is 9.59 Å². The third-order valence-corrected chi connectivity index (χ3v) is 4.63. The summed E-state index contributed by atoms with van der Waals surface area (Å²) < 4.78 is 3.95. The maximum atomic E-state index is 12.1. The molecule has 2 saturated heterocycles. The van der Waals surface area contributed by atoms with Crippen LogP contribution in [0.3, 0.4) is 0 Å². The van der Waals surface area contributed by atoms with Gasteiger partial charge in [-0.1, -0.05) is 0 Å². The highest BCUT2D eigenvalue weighted by Gasteiger charge is 2.48. The van der Waals surface area contributed by atoms with E-state index in [4.69, 9.17) is 0 Å². The first kappa shape index (κ1) is 13.4. The molecule has 0 radical (unpaired) electrons. The number of rotatable bonds is 2. The second-order valence-corrected chi connectivity index (χ2v) is 6.85. The molecule has 1 aromatic rings. The molecule has 3 heterocycles. The molecule has 0 aromatic carbocycles. The molecule has 1 aromatic heterocycles. The summed E-state index contributed by atoms with van der Waals surface area (Å²) in [4.78, 5) is 27.8. The lowest BCUT2D eigenvalue weighted by Crippen LogP contribution is -2.62. The van der Waals surface area contributed by atoms with Gasteiger partial charge >= 0.3 is 6.03 Å². The van der Waals surface area contributed by atoms with Gasteiger partial charge in [-0.2, -0.15) is 4.37 Å². The van der Waals surface area contributed by atoms with Gasteiger partial charge in [0, 0.05) is 25.8 Å². The molecule has 3 rings (SSSR count). The van der Waals surface area contributed by atoms with E-state index in [1.807, 2.05) is 18.7 Å². The van der Waals surface area contributed by atoms with Crippen molar-refractivity contribution in [1.29, 1.82) is 0 Å². The van der Waals surface area contributed by atoms with Crippen LogP contribution in [0.4, 0.5) is 9.80 Å². The van der Waals surface area contributed by atoms with E-state index in [9.17, 15) is 9.59 Å². The Morgan fingerprint density at radius 2 is 2.35 bits per heavy atom. The van der Waals surface area contributed by atoms with E-state index in [1.54, 1.807) is 17.2 Å². The molecule has 7 heteroatoms. The molecule has 1 atom stereocenters. The van der Waals surface area contributed by atoms with Crippen molar-refractivity contribution in [2.24, 2.45) is 5.41 Å². The average molecular weight is 294 g/mol. The lowest BCUT2D eigenvalue weighted by molar-refractivity contribution is -0.160. The highest BCUT2D eigenvalue weighted by atomic mass is 32.1. The van der Waals surface area contributed by atoms with Gasteiger partial charge < -0.3 is 9.80 Å². The Balaban J connectivity index is 1.55. The second-order valence-electron chi connectivity index (χ2n) is 6.01. The maximum absolute atomic E-state index is 12.1. The molecular weight excluding hydrogens is 276 g/mol. The third-order valence-electron chi connectivity index (χ3n) is 3.96. The van der Waals surface area contributed by atoms with Crippen LogP contribution < -0.4 is 5.32 Å². The molecule has 2 aliphatic heterocycles. The maximum Gasteiger partial charge on any atom is 0.322 e. The van der Waals surface area contributed by atoms with E-state index in [0.29, 0.717) is 13.1 Å². The molecule has 1 N–H and O–H groups in total. The van der Waals surface area contributed by atoms with Crippen LogP contribution in [0.1, 0.15) is 20.3 Å². The third kappa shape index (κ3) is 2.26. The van der Waals surface area contributed by atoms with Gasteiger partial charge in [0.05, 0.1) is 11.5 Å². The van der Waals surface area contributed by atoms with Crippen LogP contribution in [0, 0.1) is 5.41 Å². The largest absolute Gasteiger partial charge is 0.336 e. The minimum absolute atomic E-state index is 0.107. The van der Waals surface area contributed by atoms with Crippen LogP contribution in [0.2, 0.25) is 0 Å². The number of nitrogens with one attached hydrogen (secondary N) is 1. The fourth-order valence-corrected chi connectivity index (χ4v) is 3.29. The average Bonchev–Trinajstić information content (AvgIpc) is 3.06. The Morgan fingerprint density at radius 3 is 2.95 bits per heavy atom. The number of hydrogen-bond acceptors (Lipinski definition) is 4. The van der Waals surface area contributed by atoms with Crippen LogP contribution in [-0.2, 0) is 4.79 Å². The van der Waals surface area contributed by atoms with E-state index in [0.717, 1.165) is 18.0 Å². The molecule has 0 aliphatic carbocycles. The van der Waals surface area contributed by atoms with Crippen molar-refractivity contribution in [2.45, 2.75) is 26.3 Å². The molecule has 20 heavy (non-hydrogen) atoms. The monoisotopic (exact) mass is 294 g/mol. The minimum atomic E-state index is -0.224. The van der Waals surface area contributed by atoms with Gasteiger partial charge in [0.15, 0.2) is 0 Å². The summed E-state index contributed by atoms with van der Waals surface area (Å²) in [5, 5.41) is 3.58. The van der Waals surface area contributed by atoms with Crippen LogP contribution in [-0.4, -0.2) is 51.8 Å². The zero-order valence-corrected chi connectivity index (χ0v) is 12.4. The van der Waals surface area contributed by atoms with Crippen molar-refractivity contribution in [3.8, 4) is 0 Å². The van der Waals surface area contributed by atoms with Crippen LogP contribution >= 0.6 is 11.5 Å². The quantitative estimate of drug-likeness (QED) is 0.843. The molecule has 1 unspecified atom stereocenters. The van der Waals surface area contributed by atoms with Gasteiger partial charge in [-0.3, -0.25) is 10.1 Å². The number of carbonyl (C=O) groups is 2. The van der Waals surface area contributed by atoms with Crippen molar-refractivity contribution in [3.05, 3.63) is 12.3 Å². The highest BCUT2D eigenvalue weighted by molar-refractivity contribution is 7.10. The normalized spacial score (nSPS) is 24.7. The SMILES string of the molecule is CC1(C)CN(C2CCN(C(=O)Nc3ccns3)C2)C1=O. The number of amides is 3. The molecule has 3 amide bonds. The van der Waals surface area contributed by atoms with Crippen LogP contribution in [0.5, 0.6) is 0 Å². The summed E-state index contributed by atoms with van der Waals surface area (Å²) in [5.41, 5.74) is -0.224. The van der Waals surface area contributed by atoms with E-state index < -0.39 is 0 Å². The summed E-state index contributed by atoms with van der Waals surface area (Å²) in [6.07, 6.45) is 2.52. The predicted octanol–water partition coefficient (Wildman–Crippen LogP) is 1.62. The molecule has 0 bridgehead atoms. The Morgan fingerprint density at radius 1 is 1.55 bits per heavy atom. The molecular formula is C13H18N4O2S. The van der Waals surface area contributed by atoms with E-state index in [1.165, 1.54) is 11.5 Å². The van der Waals surface area contributed by atoms with Crippen molar-refractivity contribution in [3.63, 3.8) is 0 Å². The van der Waals surface area contributed by atoms with E-state index >= 15 is 0 Å². The number of urea groups is 1. The Bertz CT molecular complexity index is 528. The fourth-order valence-electron chi connectivity index (χ4n) is 2.80. The predicted molar refractivity (Wildman–Crippen MR) is 76.6 cm³/mol. The minimum Gasteiger partial charge on any atom is -0.336 e. The zero-order chi connectivity index (χ0) is 14.3. The number of anilines is 1. The molecule has 6 nitrogen and oxygen atoms in total. The summed E-state index contributed by atoms with van der Waals surface area (Å²) in [7, 11) is 0. The van der Waals surface area contributed by atoms with Gasteiger partial charge in [-0.25, -0.2) is 4.79 Å². The van der Waals surface area contributed by atoms with Crippen LogP contribution in [0.25, 0.3) is 0 Å². The Kier molecular flexibility index (Phi) is 3.16. The summed E-state index contributed by atoms with van der Waals surface area (Å²) in [6, 6.07) is 1.84. The lowest BCUT2D eigenvalue weighted by atomic mass is 9.82. The zero-order valence-electron chi connectivity index (χ0n) is 11.6. The first-order chi connectivity index (χ1) is 9.47. The van der Waals surface area contributed by atoms with Gasteiger partial charge in [-0.15, -0.1) is 0 Å². The van der Waals surface area contributed by atoms with Gasteiger partial charge in [0.1, 0.15) is 5.00 Å². The first-order valence-corrected chi connectivity index (χ1v) is 7.52. The topological polar surface area (TPSA) is 65.5 Å².